The average molecular weight is 194 g/mol. The van der Waals surface area contributed by atoms with Gasteiger partial charge in [0.25, 0.3) is 0 Å². The Morgan fingerprint density at radius 1 is 1.21 bits per heavy atom. The summed E-state index contributed by atoms with van der Waals surface area (Å²) in [5.74, 6) is 0.691. The predicted molar refractivity (Wildman–Crippen MR) is 59.2 cm³/mol. The van der Waals surface area contributed by atoms with Crippen LogP contribution in [0, 0.1) is 11.3 Å². The third-order valence-electron chi connectivity index (χ3n) is 4.04. The van der Waals surface area contributed by atoms with E-state index in [0.29, 0.717) is 17.4 Å². The van der Waals surface area contributed by atoms with Gasteiger partial charge in [-0.05, 0) is 44.4 Å². The van der Waals surface area contributed by atoms with Crippen LogP contribution in [-0.4, -0.2) is 11.7 Å². The van der Waals surface area contributed by atoms with Gasteiger partial charge in [-0.3, -0.25) is 0 Å². The maximum Gasteiger partial charge on any atom is 0.0871 e. The van der Waals surface area contributed by atoms with E-state index >= 15 is 0 Å². The van der Waals surface area contributed by atoms with Crippen molar-refractivity contribution in [3.8, 4) is 0 Å². The molecule has 80 valence electrons. The lowest BCUT2D eigenvalue weighted by molar-refractivity contribution is -0.150. The highest BCUT2D eigenvalue weighted by Gasteiger charge is 2.47. The zero-order valence-corrected chi connectivity index (χ0v) is 9.84. The van der Waals surface area contributed by atoms with Crippen molar-refractivity contribution in [1.29, 1.82) is 0 Å². The molecule has 3 atom stereocenters. The summed E-state index contributed by atoms with van der Waals surface area (Å²) in [5.41, 5.74) is 0.406. The minimum absolute atomic E-state index is 0.000579. The fourth-order valence-corrected chi connectivity index (χ4v) is 3.32. The molecule has 1 fully saturated rings. The molecule has 0 saturated carbocycles. The van der Waals surface area contributed by atoms with E-state index in [-0.39, 0.29) is 5.60 Å². The monoisotopic (exact) mass is 194 g/mol. The number of fused-ring (bicyclic) bond motifs is 1. The highest BCUT2D eigenvalue weighted by molar-refractivity contribution is 5.14. The average Bonchev–Trinajstić information content (AvgIpc) is 2.00. The standard InChI is InChI=1S/C13H22O/c1-10-6-7-11-12(2,3)8-5-9-13(11,4)14-10/h5,9-11H,6-8H2,1-4H3/t10-,11+,13+/m0/s1. The van der Waals surface area contributed by atoms with Crippen LogP contribution in [0.15, 0.2) is 12.2 Å². The Labute approximate surface area is 87.5 Å². The van der Waals surface area contributed by atoms with Gasteiger partial charge < -0.3 is 4.74 Å². The van der Waals surface area contributed by atoms with Gasteiger partial charge in [0.1, 0.15) is 0 Å². The van der Waals surface area contributed by atoms with Crippen molar-refractivity contribution >= 4 is 0 Å². The van der Waals surface area contributed by atoms with Crippen LogP contribution in [0.3, 0.4) is 0 Å². The molecular formula is C13H22O. The summed E-state index contributed by atoms with van der Waals surface area (Å²) < 4.78 is 6.13. The molecule has 0 aromatic heterocycles. The third kappa shape index (κ3) is 1.52. The maximum absolute atomic E-state index is 6.13. The number of rotatable bonds is 0. The van der Waals surface area contributed by atoms with Crippen LogP contribution >= 0.6 is 0 Å². The van der Waals surface area contributed by atoms with Crippen LogP contribution < -0.4 is 0 Å². The van der Waals surface area contributed by atoms with Crippen LogP contribution in [-0.2, 0) is 4.74 Å². The van der Waals surface area contributed by atoms with E-state index in [2.05, 4.69) is 39.8 Å². The molecule has 1 aliphatic carbocycles. The Hall–Kier alpha value is -0.300. The van der Waals surface area contributed by atoms with E-state index < -0.39 is 0 Å². The van der Waals surface area contributed by atoms with Gasteiger partial charge in [-0.25, -0.2) is 0 Å². The lowest BCUT2D eigenvalue weighted by Crippen LogP contribution is -2.51. The molecule has 2 rings (SSSR count). The Morgan fingerprint density at radius 3 is 2.64 bits per heavy atom. The first-order valence-corrected chi connectivity index (χ1v) is 5.79. The molecule has 0 unspecified atom stereocenters. The topological polar surface area (TPSA) is 9.23 Å². The van der Waals surface area contributed by atoms with Gasteiger partial charge in [0.05, 0.1) is 11.7 Å². The Balaban J connectivity index is 2.29. The van der Waals surface area contributed by atoms with Crippen molar-refractivity contribution in [3.05, 3.63) is 12.2 Å². The van der Waals surface area contributed by atoms with Crippen molar-refractivity contribution in [1.82, 2.24) is 0 Å². The fraction of sp³-hybridized carbons (Fsp3) is 0.846. The number of hydrogen-bond acceptors (Lipinski definition) is 1. The van der Waals surface area contributed by atoms with Crippen molar-refractivity contribution in [3.63, 3.8) is 0 Å². The van der Waals surface area contributed by atoms with E-state index in [9.17, 15) is 0 Å². The molecule has 1 aliphatic heterocycles. The van der Waals surface area contributed by atoms with E-state index in [4.69, 9.17) is 4.74 Å². The molecule has 1 heteroatoms. The molecule has 0 radical (unpaired) electrons. The highest BCUT2D eigenvalue weighted by Crippen LogP contribution is 2.49. The summed E-state index contributed by atoms with van der Waals surface area (Å²) in [5, 5.41) is 0. The van der Waals surface area contributed by atoms with Crippen LogP contribution in [0.25, 0.3) is 0 Å². The quantitative estimate of drug-likeness (QED) is 0.536. The maximum atomic E-state index is 6.13. The Kier molecular flexibility index (Phi) is 2.26. The van der Waals surface area contributed by atoms with Gasteiger partial charge in [-0.15, -0.1) is 0 Å². The minimum Gasteiger partial charge on any atom is -0.368 e. The molecule has 0 N–H and O–H groups in total. The first-order chi connectivity index (χ1) is 6.44. The number of allylic oxidation sites excluding steroid dienone is 1. The summed E-state index contributed by atoms with van der Waals surface area (Å²) in [6, 6.07) is 0. The normalized spacial score (nSPS) is 46.0. The Morgan fingerprint density at radius 2 is 1.93 bits per heavy atom. The van der Waals surface area contributed by atoms with Gasteiger partial charge in [0.15, 0.2) is 0 Å². The summed E-state index contributed by atoms with van der Waals surface area (Å²) in [7, 11) is 0. The minimum atomic E-state index is -0.000579. The molecular weight excluding hydrogens is 172 g/mol. The molecule has 0 aromatic carbocycles. The third-order valence-corrected chi connectivity index (χ3v) is 4.04. The summed E-state index contributed by atoms with van der Waals surface area (Å²) >= 11 is 0. The first-order valence-electron chi connectivity index (χ1n) is 5.79. The second kappa shape index (κ2) is 3.10. The molecule has 0 aromatic rings. The SMILES string of the molecule is C[C@H]1CC[C@@H]2C(C)(C)CC=C[C@@]2(C)O1. The van der Waals surface area contributed by atoms with Crippen molar-refractivity contribution < 1.29 is 4.74 Å². The van der Waals surface area contributed by atoms with Crippen LogP contribution in [0.4, 0.5) is 0 Å². The van der Waals surface area contributed by atoms with Crippen LogP contribution in [0.5, 0.6) is 0 Å². The zero-order chi connectivity index (χ0) is 10.4. The zero-order valence-electron chi connectivity index (χ0n) is 9.84. The molecule has 14 heavy (non-hydrogen) atoms. The lowest BCUT2D eigenvalue weighted by Gasteiger charge is -2.51. The van der Waals surface area contributed by atoms with Gasteiger partial charge in [-0.1, -0.05) is 26.0 Å². The molecule has 1 saturated heterocycles. The highest BCUT2D eigenvalue weighted by atomic mass is 16.5. The van der Waals surface area contributed by atoms with Crippen molar-refractivity contribution in [2.24, 2.45) is 11.3 Å². The molecule has 2 aliphatic rings. The predicted octanol–water partition coefficient (Wildman–Crippen LogP) is 3.55. The molecule has 1 heterocycles. The molecule has 0 spiro atoms. The second-order valence-corrected chi connectivity index (χ2v) is 5.84. The van der Waals surface area contributed by atoms with Crippen molar-refractivity contribution in [2.45, 2.75) is 58.7 Å². The van der Waals surface area contributed by atoms with Gasteiger partial charge in [0.2, 0.25) is 0 Å². The fourth-order valence-electron chi connectivity index (χ4n) is 3.32. The number of ether oxygens (including phenoxy) is 1. The summed E-state index contributed by atoms with van der Waals surface area (Å²) in [6.07, 6.45) is 8.75. The van der Waals surface area contributed by atoms with Gasteiger partial charge in [0, 0.05) is 0 Å². The summed E-state index contributed by atoms with van der Waals surface area (Å²) in [6.45, 7) is 9.19. The van der Waals surface area contributed by atoms with Gasteiger partial charge in [-0.2, -0.15) is 0 Å². The van der Waals surface area contributed by atoms with Crippen LogP contribution in [0.2, 0.25) is 0 Å². The van der Waals surface area contributed by atoms with Crippen molar-refractivity contribution in [2.75, 3.05) is 0 Å². The Bertz CT molecular complexity index is 254. The second-order valence-electron chi connectivity index (χ2n) is 5.84. The molecule has 1 nitrogen and oxygen atoms in total. The van der Waals surface area contributed by atoms with E-state index in [1.807, 2.05) is 0 Å². The van der Waals surface area contributed by atoms with E-state index in [0.717, 1.165) is 0 Å². The summed E-state index contributed by atoms with van der Waals surface area (Å²) in [4.78, 5) is 0. The smallest absolute Gasteiger partial charge is 0.0871 e. The van der Waals surface area contributed by atoms with E-state index in [1.165, 1.54) is 19.3 Å². The molecule has 0 amide bonds. The van der Waals surface area contributed by atoms with Crippen LogP contribution in [0.1, 0.15) is 47.0 Å². The largest absolute Gasteiger partial charge is 0.368 e. The van der Waals surface area contributed by atoms with Gasteiger partial charge >= 0.3 is 0 Å². The lowest BCUT2D eigenvalue weighted by atomic mass is 9.62. The first kappa shape index (κ1) is 10.2. The van der Waals surface area contributed by atoms with E-state index in [1.54, 1.807) is 0 Å². The molecule has 0 bridgehead atoms. The number of hydrogen-bond donors (Lipinski definition) is 0.